The van der Waals surface area contributed by atoms with Gasteiger partial charge in [0, 0.05) is 11.1 Å². The third-order valence-electron chi connectivity index (χ3n) is 3.32. The van der Waals surface area contributed by atoms with Crippen molar-refractivity contribution in [3.63, 3.8) is 0 Å². The molecule has 1 aromatic carbocycles. The molecule has 1 aliphatic heterocycles. The minimum absolute atomic E-state index is 0.0121. The van der Waals surface area contributed by atoms with E-state index in [0.717, 1.165) is 18.7 Å². The molecule has 4 nitrogen and oxygen atoms in total. The molecule has 0 atom stereocenters. The van der Waals surface area contributed by atoms with Gasteiger partial charge in [0.1, 0.15) is 5.75 Å². The van der Waals surface area contributed by atoms with E-state index in [1.807, 2.05) is 13.0 Å². The first kappa shape index (κ1) is 14.2. The normalized spacial score (nSPS) is 15.5. The molecule has 1 heterocycles. The third-order valence-corrected chi connectivity index (χ3v) is 3.73. The fourth-order valence-electron chi connectivity index (χ4n) is 2.26. The molecular formula is C14H19ClN2O2. The fraction of sp³-hybridized carbons (Fsp3) is 0.500. The number of carbonyl (C=O) groups excluding carboxylic acids is 1. The van der Waals surface area contributed by atoms with Gasteiger partial charge in [0.25, 0.3) is 0 Å². The van der Waals surface area contributed by atoms with Gasteiger partial charge >= 0.3 is 0 Å². The summed E-state index contributed by atoms with van der Waals surface area (Å²) < 4.78 is 5.24. The zero-order valence-electron chi connectivity index (χ0n) is 11.3. The van der Waals surface area contributed by atoms with Gasteiger partial charge in [0.15, 0.2) is 0 Å². The van der Waals surface area contributed by atoms with Crippen LogP contribution in [0.25, 0.3) is 0 Å². The Labute approximate surface area is 118 Å². The van der Waals surface area contributed by atoms with Gasteiger partial charge in [-0.05, 0) is 44.5 Å². The number of anilines is 1. The summed E-state index contributed by atoms with van der Waals surface area (Å²) in [5.41, 5.74) is 1.59. The lowest BCUT2D eigenvalue weighted by molar-refractivity contribution is -0.117. The molecule has 1 aliphatic rings. The highest BCUT2D eigenvalue weighted by Gasteiger charge is 2.16. The third kappa shape index (κ3) is 3.61. The van der Waals surface area contributed by atoms with Crippen molar-refractivity contribution >= 4 is 23.2 Å². The molecule has 104 valence electrons. The van der Waals surface area contributed by atoms with Gasteiger partial charge in [-0.25, -0.2) is 0 Å². The van der Waals surface area contributed by atoms with E-state index in [2.05, 4.69) is 10.2 Å². The number of benzene rings is 1. The predicted molar refractivity (Wildman–Crippen MR) is 77.0 cm³/mol. The van der Waals surface area contributed by atoms with Crippen LogP contribution < -0.4 is 10.1 Å². The maximum Gasteiger partial charge on any atom is 0.238 e. The van der Waals surface area contributed by atoms with Crippen LogP contribution in [0.5, 0.6) is 5.75 Å². The van der Waals surface area contributed by atoms with E-state index < -0.39 is 0 Å². The standard InChI is InChI=1S/C14H19ClN2O2/c1-10-7-12(13(19-2)8-11(10)15)16-14(18)9-17-5-3-4-6-17/h7-8H,3-6,9H2,1-2H3,(H,16,18). The van der Waals surface area contributed by atoms with Crippen molar-refractivity contribution in [2.75, 3.05) is 32.1 Å². The molecule has 0 unspecified atom stereocenters. The smallest absolute Gasteiger partial charge is 0.238 e. The second kappa shape index (κ2) is 6.26. The lowest BCUT2D eigenvalue weighted by Gasteiger charge is -2.16. The second-order valence-electron chi connectivity index (χ2n) is 4.83. The molecule has 1 N–H and O–H groups in total. The Morgan fingerprint density at radius 2 is 2.11 bits per heavy atom. The number of nitrogens with zero attached hydrogens (tertiary/aromatic N) is 1. The average molecular weight is 283 g/mol. The number of halogens is 1. The topological polar surface area (TPSA) is 41.6 Å². The summed E-state index contributed by atoms with van der Waals surface area (Å²) in [6, 6.07) is 3.56. The van der Waals surface area contributed by atoms with E-state index in [9.17, 15) is 4.79 Å². The van der Waals surface area contributed by atoms with Crippen molar-refractivity contribution in [1.82, 2.24) is 4.90 Å². The molecule has 0 spiro atoms. The Kier molecular flexibility index (Phi) is 4.66. The maximum atomic E-state index is 12.0. The van der Waals surface area contributed by atoms with Crippen LogP contribution in [0.3, 0.4) is 0 Å². The largest absolute Gasteiger partial charge is 0.495 e. The van der Waals surface area contributed by atoms with Crippen LogP contribution in [0.4, 0.5) is 5.69 Å². The van der Waals surface area contributed by atoms with Gasteiger partial charge in [0.2, 0.25) is 5.91 Å². The number of methoxy groups -OCH3 is 1. The average Bonchev–Trinajstić information content (AvgIpc) is 2.86. The van der Waals surface area contributed by atoms with Gasteiger partial charge in [0.05, 0.1) is 19.3 Å². The summed E-state index contributed by atoms with van der Waals surface area (Å²) >= 11 is 6.04. The van der Waals surface area contributed by atoms with Crippen LogP contribution in [0, 0.1) is 6.92 Å². The van der Waals surface area contributed by atoms with Crippen molar-refractivity contribution in [2.24, 2.45) is 0 Å². The Morgan fingerprint density at radius 3 is 2.74 bits per heavy atom. The van der Waals surface area contributed by atoms with Gasteiger partial charge in [-0.1, -0.05) is 11.6 Å². The Balaban J connectivity index is 2.04. The van der Waals surface area contributed by atoms with E-state index in [1.165, 1.54) is 12.8 Å². The summed E-state index contributed by atoms with van der Waals surface area (Å²) in [7, 11) is 1.57. The number of hydrogen-bond acceptors (Lipinski definition) is 3. The highest BCUT2D eigenvalue weighted by atomic mass is 35.5. The second-order valence-corrected chi connectivity index (χ2v) is 5.24. The van der Waals surface area contributed by atoms with E-state index in [4.69, 9.17) is 16.3 Å². The Bertz CT molecular complexity index is 471. The van der Waals surface area contributed by atoms with Crippen LogP contribution in [-0.4, -0.2) is 37.6 Å². The molecule has 1 fully saturated rings. The molecule has 1 aromatic rings. The minimum Gasteiger partial charge on any atom is -0.495 e. The zero-order chi connectivity index (χ0) is 13.8. The Hall–Kier alpha value is -1.26. The molecule has 2 rings (SSSR count). The number of hydrogen-bond donors (Lipinski definition) is 1. The number of nitrogens with one attached hydrogen (secondary N) is 1. The number of carbonyl (C=O) groups is 1. The molecule has 0 bridgehead atoms. The van der Waals surface area contributed by atoms with E-state index in [-0.39, 0.29) is 5.91 Å². The predicted octanol–water partition coefficient (Wildman–Crippen LogP) is 2.69. The molecule has 0 radical (unpaired) electrons. The molecule has 0 aromatic heterocycles. The van der Waals surface area contributed by atoms with Crippen LogP contribution >= 0.6 is 11.6 Å². The van der Waals surface area contributed by atoms with Crippen LogP contribution in [0.2, 0.25) is 5.02 Å². The number of ether oxygens (including phenoxy) is 1. The van der Waals surface area contributed by atoms with Crippen LogP contribution in [0.1, 0.15) is 18.4 Å². The molecular weight excluding hydrogens is 264 g/mol. The Morgan fingerprint density at radius 1 is 1.42 bits per heavy atom. The summed E-state index contributed by atoms with van der Waals surface area (Å²) in [4.78, 5) is 14.1. The first-order chi connectivity index (χ1) is 9.10. The zero-order valence-corrected chi connectivity index (χ0v) is 12.1. The summed E-state index contributed by atoms with van der Waals surface area (Å²) in [5, 5.41) is 3.53. The number of rotatable bonds is 4. The van der Waals surface area contributed by atoms with Crippen LogP contribution in [-0.2, 0) is 4.79 Å². The van der Waals surface area contributed by atoms with Gasteiger partial charge in [-0.2, -0.15) is 0 Å². The summed E-state index contributed by atoms with van der Waals surface area (Å²) in [5.74, 6) is 0.576. The minimum atomic E-state index is -0.0121. The fourth-order valence-corrected chi connectivity index (χ4v) is 2.42. The first-order valence-corrected chi connectivity index (χ1v) is 6.84. The summed E-state index contributed by atoms with van der Waals surface area (Å²) in [6.07, 6.45) is 2.35. The summed E-state index contributed by atoms with van der Waals surface area (Å²) in [6.45, 7) is 4.34. The van der Waals surface area contributed by atoms with Crippen molar-refractivity contribution in [3.05, 3.63) is 22.7 Å². The molecule has 1 saturated heterocycles. The van der Waals surface area contributed by atoms with Crippen molar-refractivity contribution in [2.45, 2.75) is 19.8 Å². The molecule has 19 heavy (non-hydrogen) atoms. The maximum absolute atomic E-state index is 12.0. The first-order valence-electron chi connectivity index (χ1n) is 6.46. The number of likely N-dealkylation sites (tertiary alicyclic amines) is 1. The lowest BCUT2D eigenvalue weighted by atomic mass is 10.2. The molecule has 1 amide bonds. The highest BCUT2D eigenvalue weighted by Crippen LogP contribution is 2.30. The van der Waals surface area contributed by atoms with Crippen molar-refractivity contribution < 1.29 is 9.53 Å². The van der Waals surface area contributed by atoms with E-state index in [0.29, 0.717) is 23.0 Å². The lowest BCUT2D eigenvalue weighted by Crippen LogP contribution is -2.31. The van der Waals surface area contributed by atoms with Gasteiger partial charge in [-0.15, -0.1) is 0 Å². The van der Waals surface area contributed by atoms with Gasteiger partial charge in [-0.3, -0.25) is 9.69 Å². The van der Waals surface area contributed by atoms with Crippen molar-refractivity contribution in [3.8, 4) is 5.75 Å². The quantitative estimate of drug-likeness (QED) is 0.923. The van der Waals surface area contributed by atoms with Crippen LogP contribution in [0.15, 0.2) is 12.1 Å². The monoisotopic (exact) mass is 282 g/mol. The molecule has 0 aliphatic carbocycles. The van der Waals surface area contributed by atoms with Crippen molar-refractivity contribution in [1.29, 1.82) is 0 Å². The number of amides is 1. The van der Waals surface area contributed by atoms with E-state index in [1.54, 1.807) is 13.2 Å². The van der Waals surface area contributed by atoms with E-state index >= 15 is 0 Å². The molecule has 5 heteroatoms. The SMILES string of the molecule is COc1cc(Cl)c(C)cc1NC(=O)CN1CCCC1. The molecule has 0 saturated carbocycles. The highest BCUT2D eigenvalue weighted by molar-refractivity contribution is 6.31. The number of aryl methyl sites for hydroxylation is 1. The van der Waals surface area contributed by atoms with Gasteiger partial charge < -0.3 is 10.1 Å².